The highest BCUT2D eigenvalue weighted by Gasteiger charge is 2.60. The summed E-state index contributed by atoms with van der Waals surface area (Å²) in [5, 5.41) is 4.85. The molecule has 1 N–H and O–H groups in total. The molecule has 2 unspecified atom stereocenters. The fraction of sp³-hybridized carbons (Fsp3) is 0.600. The third-order valence-corrected chi connectivity index (χ3v) is 10.6. The lowest BCUT2D eigenvalue weighted by molar-refractivity contribution is 0.102. The number of hydrogen-bond acceptors (Lipinski definition) is 10. The number of carbonyl (C=O) groups is 1. The van der Waals surface area contributed by atoms with Crippen molar-refractivity contribution in [1.82, 2.24) is 9.29 Å². The van der Waals surface area contributed by atoms with Crippen molar-refractivity contribution in [1.29, 1.82) is 0 Å². The summed E-state index contributed by atoms with van der Waals surface area (Å²) in [6.07, 6.45) is 2.48. The number of thiazole rings is 1. The van der Waals surface area contributed by atoms with Crippen molar-refractivity contribution in [2.75, 3.05) is 37.9 Å². The second kappa shape index (κ2) is 11.8. The van der Waals surface area contributed by atoms with Crippen LogP contribution in [0.2, 0.25) is 0 Å². The zero-order chi connectivity index (χ0) is 28.4. The summed E-state index contributed by atoms with van der Waals surface area (Å²) >= 11 is 1.21. The molecule has 2 heterocycles. The smallest absolute Gasteiger partial charge is 0.336 e. The summed E-state index contributed by atoms with van der Waals surface area (Å²) in [6.45, 7) is 8.71. The van der Waals surface area contributed by atoms with Crippen molar-refractivity contribution < 1.29 is 36.3 Å². The highest BCUT2D eigenvalue weighted by Crippen LogP contribution is 2.55. The molecule has 1 aromatic carbocycles. The van der Waals surface area contributed by atoms with Gasteiger partial charge in [0.25, 0.3) is 5.91 Å². The van der Waals surface area contributed by atoms with E-state index in [1.54, 1.807) is 37.4 Å². The Labute approximate surface area is 233 Å². The molecule has 2 aromatic rings. The standard InChI is InChI=1S/C25H36N3O8PS2/c1-6-33-37(30,34-7-2)14-19-15-38-24(26-19)27-23(29)18-10-20(35-17(3)4)12-21(11-18)36-22-13-25(22)8-9-28(16-25)39(5,31)32/h10-12,15,17,22H,6-9,13-14,16H2,1-5H3,(H,26,27,29). The van der Waals surface area contributed by atoms with Gasteiger partial charge < -0.3 is 18.5 Å². The lowest BCUT2D eigenvalue weighted by atomic mass is 10.1. The Morgan fingerprint density at radius 1 is 1.23 bits per heavy atom. The second-order valence-electron chi connectivity index (χ2n) is 10.1. The average Bonchev–Trinajstić information content (AvgIpc) is 3.13. The number of carbonyl (C=O) groups excluding carboxylic acids is 1. The number of ether oxygens (including phenoxy) is 2. The van der Waals surface area contributed by atoms with Gasteiger partial charge >= 0.3 is 7.60 Å². The number of anilines is 1. The van der Waals surface area contributed by atoms with Crippen LogP contribution in [0.5, 0.6) is 11.5 Å². The zero-order valence-electron chi connectivity index (χ0n) is 22.8. The maximum Gasteiger partial charge on any atom is 0.336 e. The third-order valence-electron chi connectivity index (χ3n) is 6.51. The topological polar surface area (TPSA) is 133 Å². The minimum Gasteiger partial charge on any atom is -0.491 e. The molecule has 1 aliphatic carbocycles. The number of hydrogen-bond donors (Lipinski definition) is 1. The molecular weight excluding hydrogens is 565 g/mol. The van der Waals surface area contributed by atoms with Crippen LogP contribution in [-0.4, -0.2) is 68.4 Å². The van der Waals surface area contributed by atoms with E-state index in [2.05, 4.69) is 10.3 Å². The molecule has 1 saturated heterocycles. The Hall–Kier alpha value is -2.02. The first-order chi connectivity index (χ1) is 18.3. The molecule has 1 saturated carbocycles. The summed E-state index contributed by atoms with van der Waals surface area (Å²) < 4.78 is 61.0. The van der Waals surface area contributed by atoms with E-state index in [1.165, 1.54) is 21.9 Å². The van der Waals surface area contributed by atoms with E-state index in [4.69, 9.17) is 18.5 Å². The molecule has 11 nitrogen and oxygen atoms in total. The molecule has 216 valence electrons. The molecule has 14 heteroatoms. The maximum absolute atomic E-state index is 13.2. The van der Waals surface area contributed by atoms with Crippen molar-refractivity contribution in [2.45, 2.75) is 58.9 Å². The molecule has 1 spiro atoms. The number of benzene rings is 1. The van der Waals surface area contributed by atoms with Gasteiger partial charge in [-0.1, -0.05) is 0 Å². The van der Waals surface area contributed by atoms with Gasteiger partial charge in [0.2, 0.25) is 10.0 Å². The molecule has 2 aliphatic rings. The van der Waals surface area contributed by atoms with Gasteiger partial charge in [-0.05, 0) is 52.7 Å². The zero-order valence-corrected chi connectivity index (χ0v) is 25.4. The van der Waals surface area contributed by atoms with Gasteiger partial charge in [0.05, 0.1) is 37.4 Å². The van der Waals surface area contributed by atoms with Crippen LogP contribution in [-0.2, 0) is 29.8 Å². The number of rotatable bonds is 13. The van der Waals surface area contributed by atoms with E-state index in [0.717, 1.165) is 12.8 Å². The normalized spacial score (nSPS) is 21.4. The largest absolute Gasteiger partial charge is 0.491 e. The summed E-state index contributed by atoms with van der Waals surface area (Å²) in [4.78, 5) is 17.6. The van der Waals surface area contributed by atoms with E-state index in [9.17, 15) is 17.8 Å². The number of nitrogens with one attached hydrogen (secondary N) is 1. The minimum atomic E-state index is -3.32. The molecule has 4 rings (SSSR count). The van der Waals surface area contributed by atoms with Crippen molar-refractivity contribution >= 4 is 40.0 Å². The van der Waals surface area contributed by atoms with Crippen LogP contribution in [0.4, 0.5) is 5.13 Å². The van der Waals surface area contributed by atoms with Crippen molar-refractivity contribution in [3.63, 3.8) is 0 Å². The predicted octanol–water partition coefficient (Wildman–Crippen LogP) is 4.75. The highest BCUT2D eigenvalue weighted by molar-refractivity contribution is 7.88. The van der Waals surface area contributed by atoms with E-state index in [1.807, 2.05) is 13.8 Å². The third kappa shape index (κ3) is 7.59. The summed E-state index contributed by atoms with van der Waals surface area (Å²) in [6, 6.07) is 5.02. The quantitative estimate of drug-likeness (QED) is 0.323. The summed E-state index contributed by atoms with van der Waals surface area (Å²) in [5.41, 5.74) is 0.633. The Balaban J connectivity index is 1.46. The fourth-order valence-electron chi connectivity index (χ4n) is 4.65. The predicted molar refractivity (Wildman–Crippen MR) is 149 cm³/mol. The number of sulfonamides is 1. The molecule has 39 heavy (non-hydrogen) atoms. The van der Waals surface area contributed by atoms with Crippen LogP contribution in [0.25, 0.3) is 0 Å². The van der Waals surface area contributed by atoms with Gasteiger partial charge in [0.15, 0.2) is 5.13 Å². The number of amides is 1. The molecule has 1 aromatic heterocycles. The Morgan fingerprint density at radius 2 is 1.92 bits per heavy atom. The first-order valence-corrected chi connectivity index (χ1v) is 17.4. The van der Waals surface area contributed by atoms with Crippen LogP contribution in [0.15, 0.2) is 23.6 Å². The lowest BCUT2D eigenvalue weighted by Gasteiger charge is -2.16. The summed E-state index contributed by atoms with van der Waals surface area (Å²) in [5.74, 6) is 0.565. The van der Waals surface area contributed by atoms with Crippen LogP contribution in [0.3, 0.4) is 0 Å². The summed E-state index contributed by atoms with van der Waals surface area (Å²) in [7, 11) is -6.56. The first kappa shape index (κ1) is 30.0. The van der Waals surface area contributed by atoms with Crippen molar-refractivity contribution in [2.24, 2.45) is 5.41 Å². The Morgan fingerprint density at radius 3 is 2.54 bits per heavy atom. The minimum absolute atomic E-state index is 0.0106. The van der Waals surface area contributed by atoms with Crippen molar-refractivity contribution in [3.8, 4) is 11.5 Å². The monoisotopic (exact) mass is 601 g/mol. The van der Waals surface area contributed by atoms with E-state index >= 15 is 0 Å². The second-order valence-corrected chi connectivity index (χ2v) is 15.0. The maximum atomic E-state index is 13.2. The van der Waals surface area contributed by atoms with Crippen LogP contribution in [0, 0.1) is 5.41 Å². The average molecular weight is 602 g/mol. The molecule has 2 fully saturated rings. The van der Waals surface area contributed by atoms with Crippen molar-refractivity contribution in [3.05, 3.63) is 34.8 Å². The van der Waals surface area contributed by atoms with E-state index in [0.29, 0.717) is 41.0 Å². The van der Waals surface area contributed by atoms with Gasteiger partial charge in [-0.15, -0.1) is 11.3 Å². The van der Waals surface area contributed by atoms with Gasteiger partial charge in [-0.3, -0.25) is 14.7 Å². The van der Waals surface area contributed by atoms with Crippen LogP contribution < -0.4 is 14.8 Å². The highest BCUT2D eigenvalue weighted by atomic mass is 32.2. The van der Waals surface area contributed by atoms with Crippen LogP contribution >= 0.6 is 18.9 Å². The SMILES string of the molecule is CCOP(=O)(Cc1csc(NC(=O)c2cc(OC(C)C)cc(OC3CC34CCN(S(C)(=O)=O)C4)c2)n1)OCC. The van der Waals surface area contributed by atoms with E-state index < -0.39 is 23.5 Å². The molecule has 2 atom stereocenters. The molecular formula is C25H36N3O8PS2. The molecule has 0 bridgehead atoms. The van der Waals surface area contributed by atoms with Gasteiger partial charge in [-0.25, -0.2) is 17.7 Å². The van der Waals surface area contributed by atoms with Crippen LogP contribution in [0.1, 0.15) is 56.6 Å². The molecule has 0 radical (unpaired) electrons. The Kier molecular flexibility index (Phi) is 9.09. The van der Waals surface area contributed by atoms with Gasteiger partial charge in [0, 0.05) is 35.5 Å². The first-order valence-electron chi connectivity index (χ1n) is 12.9. The number of aromatic nitrogens is 1. The van der Waals surface area contributed by atoms with Gasteiger partial charge in [0.1, 0.15) is 17.6 Å². The van der Waals surface area contributed by atoms with Gasteiger partial charge in [-0.2, -0.15) is 0 Å². The number of nitrogens with zero attached hydrogens (tertiary/aromatic N) is 2. The molecule has 1 aliphatic heterocycles. The molecule has 1 amide bonds. The lowest BCUT2D eigenvalue weighted by Crippen LogP contribution is -2.28. The fourth-order valence-corrected chi connectivity index (χ4v) is 7.99. The van der Waals surface area contributed by atoms with E-state index in [-0.39, 0.29) is 37.0 Å². The Bertz CT molecular complexity index is 1340.